The standard InChI is InChI=1S/C29H54NO20P3/c1-18-24(34)25(35)21(14-31)48-28(18)42-10-6-4-8-12-44-52(39)46-16-20(50-51(38)41-3)17-47-53(40)45-13-9-5-7-11-43-29-23(30-19(2)33)27(37)26(36)22(15-32)49-29/h18,20-29,31-32,34-37H,4-17H2,1-3H3/q+2/p+1. The van der Waals surface area contributed by atoms with Gasteiger partial charge in [-0.1, -0.05) is 6.92 Å². The monoisotopic (exact) mass is 830 g/mol. The smallest absolute Gasteiger partial charge is 0.394 e. The minimum Gasteiger partial charge on any atom is -0.394 e. The van der Waals surface area contributed by atoms with E-state index in [-0.39, 0.29) is 26.4 Å². The highest BCUT2D eigenvalue weighted by Gasteiger charge is 2.45. The normalized spacial score (nSPS) is 30.5. The molecule has 1 amide bonds. The maximum absolute atomic E-state index is 12.2. The lowest BCUT2D eigenvalue weighted by atomic mass is 9.92. The van der Waals surface area contributed by atoms with Crippen molar-refractivity contribution in [3.05, 3.63) is 0 Å². The summed E-state index contributed by atoms with van der Waals surface area (Å²) in [4.78, 5) is 11.5. The van der Waals surface area contributed by atoms with E-state index < -0.39 is 124 Å². The molecule has 0 aliphatic carbocycles. The van der Waals surface area contributed by atoms with E-state index in [0.29, 0.717) is 38.5 Å². The number of ether oxygens (including phenoxy) is 4. The fraction of sp³-hybridized carbons (Fsp3) is 0.966. The SMILES string of the molecule is CO[P+](=O)OC(CO[P+](=O)OCCCCCOC1OC(CO)C(O)C(O)C1C)CO[P+](=O)OCCCCCOC1OC(CO)C(O)C(O)C1NC(C)=O. The molecule has 2 saturated heterocycles. The van der Waals surface area contributed by atoms with Crippen LogP contribution < -0.4 is 5.32 Å². The average Bonchev–Trinajstić information content (AvgIpc) is 3.14. The molecule has 21 nitrogen and oxygen atoms in total. The van der Waals surface area contributed by atoms with Gasteiger partial charge in [0.2, 0.25) is 5.91 Å². The molecule has 0 aromatic carbocycles. The highest BCUT2D eigenvalue weighted by molar-refractivity contribution is 7.33. The Morgan fingerprint density at radius 2 is 1.15 bits per heavy atom. The van der Waals surface area contributed by atoms with E-state index in [1.807, 2.05) is 0 Å². The third kappa shape index (κ3) is 17.9. The summed E-state index contributed by atoms with van der Waals surface area (Å²) in [5, 5.41) is 61.6. The molecule has 2 aliphatic rings. The van der Waals surface area contributed by atoms with Crippen molar-refractivity contribution in [3.8, 4) is 0 Å². The number of carbonyl (C=O) groups is 1. The van der Waals surface area contributed by atoms with Crippen LogP contribution in [0.5, 0.6) is 0 Å². The number of aliphatic hydroxyl groups is 6. The van der Waals surface area contributed by atoms with Crippen molar-refractivity contribution in [2.24, 2.45) is 5.92 Å². The first-order valence-corrected chi connectivity index (χ1v) is 20.5. The summed E-state index contributed by atoms with van der Waals surface area (Å²) in [5.74, 6) is -0.964. The van der Waals surface area contributed by atoms with Crippen molar-refractivity contribution >= 4 is 30.7 Å². The van der Waals surface area contributed by atoms with Crippen LogP contribution in [0, 0.1) is 5.92 Å². The van der Waals surface area contributed by atoms with Crippen LogP contribution in [0.3, 0.4) is 0 Å². The number of aliphatic hydroxyl groups excluding tert-OH is 6. The molecule has 24 heteroatoms. The van der Waals surface area contributed by atoms with Gasteiger partial charge >= 0.3 is 24.8 Å². The Morgan fingerprint density at radius 1 is 0.679 bits per heavy atom. The van der Waals surface area contributed by atoms with Crippen molar-refractivity contribution in [2.45, 2.75) is 114 Å². The molecular formula is C29H55NO20P3+3. The van der Waals surface area contributed by atoms with E-state index in [2.05, 4.69) is 9.84 Å². The van der Waals surface area contributed by atoms with Gasteiger partial charge in [0.1, 0.15) is 63.0 Å². The highest BCUT2D eigenvalue weighted by Crippen LogP contribution is 2.32. The van der Waals surface area contributed by atoms with Crippen LogP contribution in [0.25, 0.3) is 0 Å². The Bertz CT molecular complexity index is 1100. The van der Waals surface area contributed by atoms with Crippen LogP contribution in [-0.2, 0) is 64.6 Å². The number of carbonyl (C=O) groups excluding carboxylic acids is 1. The molecule has 0 aromatic heterocycles. The maximum atomic E-state index is 12.2. The van der Waals surface area contributed by atoms with Gasteiger partial charge < -0.3 is 54.9 Å². The molecule has 0 spiro atoms. The summed E-state index contributed by atoms with van der Waals surface area (Å²) < 4.78 is 88.8. The second-order valence-corrected chi connectivity index (χ2v) is 15.2. The van der Waals surface area contributed by atoms with Crippen LogP contribution in [0.15, 0.2) is 0 Å². The number of nitrogens with one attached hydrogen (secondary N) is 1. The van der Waals surface area contributed by atoms with E-state index in [1.165, 1.54) is 6.92 Å². The molecule has 14 atom stereocenters. The summed E-state index contributed by atoms with van der Waals surface area (Å²) >= 11 is 0. The van der Waals surface area contributed by atoms with Gasteiger partial charge in [-0.15, -0.1) is 27.1 Å². The van der Waals surface area contributed by atoms with Gasteiger partial charge in [-0.2, -0.15) is 0 Å². The summed E-state index contributed by atoms with van der Waals surface area (Å²) in [6.45, 7) is 1.65. The second kappa shape index (κ2) is 26.9. The number of amides is 1. The molecule has 53 heavy (non-hydrogen) atoms. The van der Waals surface area contributed by atoms with E-state index in [0.717, 1.165) is 7.11 Å². The lowest BCUT2D eigenvalue weighted by molar-refractivity contribution is -0.282. The molecule has 0 aromatic rings. The molecule has 2 rings (SSSR count). The summed E-state index contributed by atoms with van der Waals surface area (Å²) in [5.41, 5.74) is 0. The van der Waals surface area contributed by atoms with Crippen LogP contribution >= 0.6 is 24.8 Å². The van der Waals surface area contributed by atoms with Gasteiger partial charge in [0, 0.05) is 39.8 Å². The summed E-state index contributed by atoms with van der Waals surface area (Å²) in [7, 11) is -6.63. The van der Waals surface area contributed by atoms with Crippen molar-refractivity contribution in [3.63, 3.8) is 0 Å². The van der Waals surface area contributed by atoms with Crippen LogP contribution in [0.1, 0.15) is 52.4 Å². The molecule has 2 heterocycles. The number of rotatable bonds is 28. The molecule has 2 aliphatic heterocycles. The lowest BCUT2D eigenvalue weighted by Crippen LogP contribution is -2.64. The predicted molar refractivity (Wildman–Crippen MR) is 180 cm³/mol. The van der Waals surface area contributed by atoms with Gasteiger partial charge in [0.25, 0.3) is 0 Å². The number of hydrogen-bond donors (Lipinski definition) is 7. The topological polar surface area (TPSA) is 294 Å². The Labute approximate surface area is 310 Å². The zero-order valence-corrected chi connectivity index (χ0v) is 32.7. The third-order valence-electron chi connectivity index (χ3n) is 8.09. The zero-order chi connectivity index (χ0) is 39.3. The van der Waals surface area contributed by atoms with Crippen LogP contribution in [0.2, 0.25) is 0 Å². The number of hydrogen-bond acceptors (Lipinski definition) is 20. The second-order valence-electron chi connectivity index (χ2n) is 12.2. The lowest BCUT2D eigenvalue weighted by Gasteiger charge is -2.42. The first kappa shape index (κ1) is 48.3. The molecule has 308 valence electrons. The Kier molecular flexibility index (Phi) is 24.5. The molecule has 7 N–H and O–H groups in total. The molecular weight excluding hydrogens is 775 g/mol. The largest absolute Gasteiger partial charge is 0.697 e. The fourth-order valence-electron chi connectivity index (χ4n) is 5.10. The van der Waals surface area contributed by atoms with Gasteiger partial charge in [-0.3, -0.25) is 4.79 Å². The first-order chi connectivity index (χ1) is 25.3. The molecule has 0 radical (unpaired) electrons. The van der Waals surface area contributed by atoms with Crippen molar-refractivity contribution in [1.29, 1.82) is 0 Å². The number of unbranched alkanes of at least 4 members (excludes halogenated alkanes) is 4. The average molecular weight is 831 g/mol. The fourth-order valence-corrected chi connectivity index (χ4v) is 6.83. The minimum atomic E-state index is -2.61. The van der Waals surface area contributed by atoms with E-state index in [1.54, 1.807) is 6.92 Å². The van der Waals surface area contributed by atoms with Crippen molar-refractivity contribution in [1.82, 2.24) is 5.32 Å². The van der Waals surface area contributed by atoms with Crippen LogP contribution in [-0.4, -0.2) is 158 Å². The van der Waals surface area contributed by atoms with Gasteiger partial charge in [0.15, 0.2) is 18.7 Å². The highest BCUT2D eigenvalue weighted by atomic mass is 31.1. The van der Waals surface area contributed by atoms with Gasteiger partial charge in [0.05, 0.1) is 26.4 Å². The third-order valence-corrected chi connectivity index (χ3v) is 10.4. The van der Waals surface area contributed by atoms with E-state index in [9.17, 15) is 49.1 Å². The quantitative estimate of drug-likeness (QED) is 0.0416. The molecule has 0 saturated carbocycles. The molecule has 0 bridgehead atoms. The van der Waals surface area contributed by atoms with Crippen molar-refractivity contribution < 1.29 is 95.2 Å². The van der Waals surface area contributed by atoms with Crippen LogP contribution in [0.4, 0.5) is 0 Å². The molecule has 2 fully saturated rings. The Morgan fingerprint density at radius 3 is 1.64 bits per heavy atom. The summed E-state index contributed by atoms with van der Waals surface area (Å²) in [6.07, 6.45) is -6.93. The summed E-state index contributed by atoms with van der Waals surface area (Å²) in [6, 6.07) is -1.05. The minimum absolute atomic E-state index is 0.0479. The van der Waals surface area contributed by atoms with E-state index >= 15 is 0 Å². The predicted octanol–water partition coefficient (Wildman–Crippen LogP) is 0.449. The molecule has 14 unspecified atom stereocenters. The Hall–Kier alpha value is -0.870. The van der Waals surface area contributed by atoms with E-state index in [4.69, 9.17) is 41.6 Å². The zero-order valence-electron chi connectivity index (χ0n) is 30.0. The van der Waals surface area contributed by atoms with Crippen molar-refractivity contribution in [2.75, 3.05) is 60.0 Å². The first-order valence-electron chi connectivity index (χ1n) is 17.2. The van der Waals surface area contributed by atoms with Gasteiger partial charge in [-0.05, 0) is 38.5 Å². The maximum Gasteiger partial charge on any atom is 0.697 e. The Balaban J connectivity index is 1.59. The van der Waals surface area contributed by atoms with Gasteiger partial charge in [-0.25, -0.2) is 0 Å².